The number of hydrogen-bond acceptors (Lipinski definition) is 7. The van der Waals surface area contributed by atoms with Crippen molar-refractivity contribution in [2.75, 3.05) is 6.79 Å². The normalized spacial score (nSPS) is 25.7. The lowest BCUT2D eigenvalue weighted by Crippen LogP contribution is -2.57. The number of rotatable bonds is 6. The van der Waals surface area contributed by atoms with Gasteiger partial charge in [-0.25, -0.2) is 13.9 Å². The van der Waals surface area contributed by atoms with Crippen LogP contribution in [0.15, 0.2) is 53.4 Å². The predicted molar refractivity (Wildman–Crippen MR) is 105 cm³/mol. The van der Waals surface area contributed by atoms with Gasteiger partial charge in [-0.1, -0.05) is 11.6 Å². The molecule has 3 N–H and O–H groups in total. The monoisotopic (exact) mass is 454 g/mol. The molecule has 1 amide bonds. The molecular weight excluding hydrogens is 436 g/mol. The fourth-order valence-electron chi connectivity index (χ4n) is 3.64. The minimum absolute atomic E-state index is 0.0427. The van der Waals surface area contributed by atoms with E-state index in [1.165, 1.54) is 24.3 Å². The Morgan fingerprint density at radius 3 is 2.10 bits per heavy atom. The molecule has 0 spiro atoms. The Hall–Kier alpha value is -2.21. The van der Waals surface area contributed by atoms with Crippen molar-refractivity contribution in [2.45, 2.75) is 35.5 Å². The Balaban J connectivity index is 1.52. The Labute approximate surface area is 177 Å². The van der Waals surface area contributed by atoms with Gasteiger partial charge in [-0.15, -0.1) is 0 Å². The van der Waals surface area contributed by atoms with Crippen molar-refractivity contribution in [3.05, 3.63) is 53.6 Å². The Kier molecular flexibility index (Phi) is 5.71. The zero-order valence-electron chi connectivity index (χ0n) is 15.6. The van der Waals surface area contributed by atoms with Gasteiger partial charge in [0.1, 0.15) is 23.8 Å². The summed E-state index contributed by atoms with van der Waals surface area (Å²) in [7, 11) is -4.09. The van der Waals surface area contributed by atoms with Crippen molar-refractivity contribution in [1.82, 2.24) is 10.2 Å². The summed E-state index contributed by atoms with van der Waals surface area (Å²) in [4.78, 5) is 12.3. The van der Waals surface area contributed by atoms with Crippen LogP contribution in [-0.2, 0) is 24.3 Å². The summed E-state index contributed by atoms with van der Waals surface area (Å²) >= 11 is 5.84. The number of hydrogen-bond donors (Lipinski definition) is 3. The van der Waals surface area contributed by atoms with Gasteiger partial charge in [0.05, 0.1) is 17.1 Å². The standard InChI is InChI=1S/C19H19ClN2O7S/c20-12-1-3-13(4-2-12)29-14-5-7-15(8-6-14)30(25,26)22-19(18(23)21-24)9-16-17(10-19)28-11-27-16/h1-8,16-17,22,24H,9-11H2,(H,21,23)/t16-,17+,19?. The van der Waals surface area contributed by atoms with Crippen molar-refractivity contribution < 1.29 is 32.6 Å². The van der Waals surface area contributed by atoms with Crippen molar-refractivity contribution in [1.29, 1.82) is 0 Å². The van der Waals surface area contributed by atoms with E-state index in [2.05, 4.69) is 4.72 Å². The predicted octanol–water partition coefficient (Wildman–Crippen LogP) is 2.19. The molecule has 0 radical (unpaired) electrons. The molecule has 1 unspecified atom stereocenters. The molecule has 9 nitrogen and oxygen atoms in total. The minimum Gasteiger partial charge on any atom is -0.457 e. The smallest absolute Gasteiger partial charge is 0.264 e. The first-order chi connectivity index (χ1) is 14.3. The number of sulfonamides is 1. The van der Waals surface area contributed by atoms with Gasteiger partial charge in [0, 0.05) is 17.9 Å². The quantitative estimate of drug-likeness (QED) is 0.451. The first kappa shape index (κ1) is 21.0. The summed E-state index contributed by atoms with van der Waals surface area (Å²) in [5.41, 5.74) is -0.0365. The van der Waals surface area contributed by atoms with Crippen LogP contribution in [0.2, 0.25) is 5.02 Å². The molecule has 0 aromatic heterocycles. The second-order valence-corrected chi connectivity index (χ2v) is 9.21. The highest BCUT2D eigenvalue weighted by atomic mass is 35.5. The Morgan fingerprint density at radius 2 is 1.57 bits per heavy atom. The molecule has 4 rings (SSSR count). The van der Waals surface area contributed by atoms with Crippen LogP contribution in [0.4, 0.5) is 0 Å². The zero-order valence-corrected chi connectivity index (χ0v) is 17.2. The maximum Gasteiger partial charge on any atom is 0.264 e. The maximum atomic E-state index is 12.9. The molecule has 1 aliphatic heterocycles. The third-order valence-corrected chi connectivity index (χ3v) is 6.93. The fraction of sp³-hybridized carbons (Fsp3) is 0.316. The number of fused-ring (bicyclic) bond motifs is 1. The average Bonchev–Trinajstić information content (AvgIpc) is 3.29. The van der Waals surface area contributed by atoms with Crippen LogP contribution in [0.1, 0.15) is 12.8 Å². The molecule has 1 saturated heterocycles. The van der Waals surface area contributed by atoms with Gasteiger partial charge in [-0.2, -0.15) is 4.72 Å². The third-order valence-electron chi connectivity index (χ3n) is 5.13. The second kappa shape index (κ2) is 8.14. The number of carbonyl (C=O) groups is 1. The van der Waals surface area contributed by atoms with Gasteiger partial charge in [0.2, 0.25) is 10.0 Å². The van der Waals surface area contributed by atoms with Gasteiger partial charge >= 0.3 is 0 Å². The number of benzene rings is 2. The van der Waals surface area contributed by atoms with E-state index < -0.39 is 33.7 Å². The SMILES string of the molecule is O=C(NO)C1(NS(=O)(=O)c2ccc(Oc3ccc(Cl)cc3)cc2)C[C@@H]2OCO[C@@H]2C1. The highest BCUT2D eigenvalue weighted by Crippen LogP contribution is 2.38. The van der Waals surface area contributed by atoms with Gasteiger partial charge in [0.25, 0.3) is 5.91 Å². The molecule has 1 heterocycles. The lowest BCUT2D eigenvalue weighted by molar-refractivity contribution is -0.136. The van der Waals surface area contributed by atoms with Crippen molar-refractivity contribution >= 4 is 27.5 Å². The molecule has 160 valence electrons. The lowest BCUT2D eigenvalue weighted by Gasteiger charge is -2.28. The number of carbonyl (C=O) groups excluding carboxylic acids is 1. The number of ether oxygens (including phenoxy) is 3. The van der Waals surface area contributed by atoms with Gasteiger partial charge in [-0.05, 0) is 48.5 Å². The lowest BCUT2D eigenvalue weighted by atomic mass is 9.98. The van der Waals surface area contributed by atoms with Crippen LogP contribution < -0.4 is 14.9 Å². The van der Waals surface area contributed by atoms with E-state index >= 15 is 0 Å². The van der Waals surface area contributed by atoms with Crippen LogP contribution in [0, 0.1) is 0 Å². The third kappa shape index (κ3) is 4.15. The van der Waals surface area contributed by atoms with E-state index in [1.807, 2.05) is 0 Å². The van der Waals surface area contributed by atoms with Crippen LogP contribution in [0.5, 0.6) is 11.5 Å². The molecule has 1 saturated carbocycles. The number of hydroxylamine groups is 1. The van der Waals surface area contributed by atoms with E-state index in [4.69, 9.17) is 31.0 Å². The van der Waals surface area contributed by atoms with Crippen molar-refractivity contribution in [3.63, 3.8) is 0 Å². The molecular formula is C19H19ClN2O7S. The van der Waals surface area contributed by atoms with E-state index in [9.17, 15) is 13.2 Å². The summed E-state index contributed by atoms with van der Waals surface area (Å²) in [6.45, 7) is 0.0913. The number of nitrogens with one attached hydrogen (secondary N) is 2. The summed E-state index contributed by atoms with van der Waals surface area (Å²) < 4.78 is 44.7. The van der Waals surface area contributed by atoms with Gasteiger partial charge in [0.15, 0.2) is 0 Å². The minimum atomic E-state index is -4.09. The van der Waals surface area contributed by atoms with E-state index in [-0.39, 0.29) is 24.5 Å². The summed E-state index contributed by atoms with van der Waals surface area (Å²) in [5.74, 6) is 0.107. The molecule has 0 bridgehead atoms. The topological polar surface area (TPSA) is 123 Å². The van der Waals surface area contributed by atoms with Crippen molar-refractivity contribution in [2.24, 2.45) is 0 Å². The molecule has 11 heteroatoms. The molecule has 2 aliphatic rings. The summed E-state index contributed by atoms with van der Waals surface area (Å²) in [6, 6.07) is 12.4. The largest absolute Gasteiger partial charge is 0.457 e. The first-order valence-electron chi connectivity index (χ1n) is 9.06. The average molecular weight is 455 g/mol. The Bertz CT molecular complexity index is 1020. The zero-order chi connectivity index (χ0) is 21.4. The van der Waals surface area contributed by atoms with Gasteiger partial charge in [-0.3, -0.25) is 10.0 Å². The highest BCUT2D eigenvalue weighted by Gasteiger charge is 2.55. The Morgan fingerprint density at radius 1 is 1.03 bits per heavy atom. The molecule has 3 atom stereocenters. The second-order valence-electron chi connectivity index (χ2n) is 7.09. The van der Waals surface area contributed by atoms with Crippen molar-refractivity contribution in [3.8, 4) is 11.5 Å². The first-order valence-corrected chi connectivity index (χ1v) is 10.9. The van der Waals surface area contributed by atoms with E-state index in [0.29, 0.717) is 16.5 Å². The molecule has 30 heavy (non-hydrogen) atoms. The number of amides is 1. The van der Waals surface area contributed by atoms with E-state index in [0.717, 1.165) is 0 Å². The molecule has 2 aromatic carbocycles. The van der Waals surface area contributed by atoms with Gasteiger partial charge < -0.3 is 14.2 Å². The number of halogens is 1. The summed E-state index contributed by atoms with van der Waals surface area (Å²) in [6.07, 6.45) is -0.775. The molecule has 2 aromatic rings. The van der Waals surface area contributed by atoms with Crippen LogP contribution in [-0.4, -0.2) is 44.1 Å². The van der Waals surface area contributed by atoms with Crippen LogP contribution in [0.25, 0.3) is 0 Å². The summed E-state index contributed by atoms with van der Waals surface area (Å²) in [5, 5.41) is 9.72. The van der Waals surface area contributed by atoms with E-state index in [1.54, 1.807) is 29.7 Å². The molecule has 2 fully saturated rings. The highest BCUT2D eigenvalue weighted by molar-refractivity contribution is 7.89. The van der Waals surface area contributed by atoms with Crippen LogP contribution >= 0.6 is 11.6 Å². The fourth-order valence-corrected chi connectivity index (χ4v) is 5.16. The molecule has 1 aliphatic carbocycles. The van der Waals surface area contributed by atoms with Crippen LogP contribution in [0.3, 0.4) is 0 Å². The maximum absolute atomic E-state index is 12.9.